The van der Waals surface area contributed by atoms with Crippen molar-refractivity contribution in [3.05, 3.63) is 47.2 Å². The van der Waals surface area contributed by atoms with Crippen molar-refractivity contribution < 1.29 is 18.3 Å². The number of fused-ring (bicyclic) bond motifs is 1. The molecule has 2 aromatic heterocycles. The Hall–Kier alpha value is -3.16. The molecule has 0 saturated heterocycles. The molecule has 0 spiro atoms. The number of hydrogen-bond donors (Lipinski definition) is 2. The predicted octanol–water partition coefficient (Wildman–Crippen LogP) is 4.52. The van der Waals surface area contributed by atoms with Crippen LogP contribution in [0, 0.1) is 12.7 Å². The lowest BCUT2D eigenvalue weighted by Crippen LogP contribution is -2.27. The van der Waals surface area contributed by atoms with Crippen LogP contribution in [0.2, 0.25) is 0 Å². The number of hydrogen-bond acceptors (Lipinski definition) is 6. The number of halogens is 1. The largest absolute Gasteiger partial charge is 0.491 e. The zero-order valence-electron chi connectivity index (χ0n) is 17.5. The van der Waals surface area contributed by atoms with E-state index in [9.17, 15) is 9.18 Å². The van der Waals surface area contributed by atoms with Gasteiger partial charge in [0.2, 0.25) is 5.71 Å². The molecule has 1 atom stereocenters. The van der Waals surface area contributed by atoms with Crippen LogP contribution < -0.4 is 15.4 Å². The normalized spacial score (nSPS) is 15.6. The number of anilines is 1. The average Bonchev–Trinajstić information content (AvgIpc) is 3.31. The number of carbonyl (C=O) groups is 1. The summed E-state index contributed by atoms with van der Waals surface area (Å²) in [6.07, 6.45) is 3.50. The summed E-state index contributed by atoms with van der Waals surface area (Å²) in [7, 11) is 0. The van der Waals surface area contributed by atoms with E-state index in [1.54, 1.807) is 32.9 Å². The van der Waals surface area contributed by atoms with Crippen LogP contribution in [0.4, 0.5) is 10.2 Å². The van der Waals surface area contributed by atoms with Crippen molar-refractivity contribution >= 4 is 22.8 Å². The van der Waals surface area contributed by atoms with Crippen LogP contribution >= 0.6 is 0 Å². The van der Waals surface area contributed by atoms with Crippen molar-refractivity contribution in [1.82, 2.24) is 15.3 Å². The van der Waals surface area contributed by atoms with E-state index in [0.717, 1.165) is 12.8 Å². The molecule has 2 heterocycles. The maximum atomic E-state index is 14.2. The van der Waals surface area contributed by atoms with Gasteiger partial charge in [-0.25, -0.2) is 14.4 Å². The van der Waals surface area contributed by atoms with Gasteiger partial charge in [0.25, 0.3) is 5.91 Å². The van der Waals surface area contributed by atoms with Crippen molar-refractivity contribution in [3.63, 3.8) is 0 Å². The van der Waals surface area contributed by atoms with Crippen LogP contribution in [-0.4, -0.2) is 28.0 Å². The van der Waals surface area contributed by atoms with Gasteiger partial charge in [-0.2, -0.15) is 0 Å². The van der Waals surface area contributed by atoms with Crippen LogP contribution in [0.25, 0.3) is 11.1 Å². The minimum Gasteiger partial charge on any atom is -0.491 e. The highest BCUT2D eigenvalue weighted by Gasteiger charge is 2.38. The van der Waals surface area contributed by atoms with Crippen molar-refractivity contribution in [1.29, 1.82) is 0 Å². The number of nitrogens with zero attached hydrogens (tertiary/aromatic N) is 2. The fraction of sp³-hybridized carbons (Fsp3) is 0.409. The molecule has 4 rings (SSSR count). The highest BCUT2D eigenvalue weighted by atomic mass is 19.1. The zero-order valence-corrected chi connectivity index (χ0v) is 17.5. The Labute approximate surface area is 174 Å². The first-order chi connectivity index (χ1) is 14.3. The lowest BCUT2D eigenvalue weighted by atomic mass is 10.1. The van der Waals surface area contributed by atoms with Crippen molar-refractivity contribution in [2.24, 2.45) is 0 Å². The summed E-state index contributed by atoms with van der Waals surface area (Å²) in [6, 6.07) is 4.26. The highest BCUT2D eigenvalue weighted by Crippen LogP contribution is 2.40. The van der Waals surface area contributed by atoms with Crippen LogP contribution in [0.5, 0.6) is 5.75 Å². The molecule has 0 radical (unpaired) electrons. The second-order valence-corrected chi connectivity index (χ2v) is 7.94. The quantitative estimate of drug-likeness (QED) is 0.593. The molecule has 3 aromatic rings. The molecular formula is C22H25FN4O3. The summed E-state index contributed by atoms with van der Waals surface area (Å²) >= 11 is 0. The summed E-state index contributed by atoms with van der Waals surface area (Å²) < 4.78 is 25.2. The maximum Gasteiger partial charge on any atom is 0.256 e. The van der Waals surface area contributed by atoms with E-state index in [2.05, 4.69) is 27.5 Å². The molecule has 1 saturated carbocycles. The van der Waals surface area contributed by atoms with Gasteiger partial charge < -0.3 is 19.8 Å². The van der Waals surface area contributed by atoms with E-state index >= 15 is 0 Å². The van der Waals surface area contributed by atoms with Crippen molar-refractivity contribution in [2.45, 2.75) is 52.1 Å². The van der Waals surface area contributed by atoms with E-state index < -0.39 is 11.9 Å². The first kappa shape index (κ1) is 20.1. The monoisotopic (exact) mass is 412 g/mol. The Kier molecular flexibility index (Phi) is 5.09. The Morgan fingerprint density at radius 3 is 2.80 bits per heavy atom. The van der Waals surface area contributed by atoms with Gasteiger partial charge in [-0.15, -0.1) is 0 Å². The molecule has 1 aromatic carbocycles. The number of amides is 1. The Morgan fingerprint density at radius 1 is 1.37 bits per heavy atom. The SMILES string of the molecule is CCOc1ccc(C(C)NC(=O)c2c(C)oc3ncnc(NC4(C)CC4)c23)cc1F. The minimum absolute atomic E-state index is 0.0205. The Morgan fingerprint density at radius 2 is 2.13 bits per heavy atom. The molecule has 2 N–H and O–H groups in total. The van der Waals surface area contributed by atoms with Crippen molar-refractivity contribution in [3.8, 4) is 5.75 Å². The van der Waals surface area contributed by atoms with Gasteiger partial charge in [-0.3, -0.25) is 4.79 Å². The molecule has 1 amide bonds. The first-order valence-electron chi connectivity index (χ1n) is 10.1. The molecule has 30 heavy (non-hydrogen) atoms. The molecular weight excluding hydrogens is 387 g/mol. The third-order valence-corrected chi connectivity index (χ3v) is 5.41. The van der Waals surface area contributed by atoms with Gasteiger partial charge >= 0.3 is 0 Å². The summed E-state index contributed by atoms with van der Waals surface area (Å²) in [5.74, 6) is 0.446. The number of carbonyl (C=O) groups excluding carboxylic acids is 1. The van der Waals surface area contributed by atoms with Gasteiger partial charge in [-0.05, 0) is 58.2 Å². The molecule has 1 fully saturated rings. The van der Waals surface area contributed by atoms with Gasteiger partial charge in [0.1, 0.15) is 17.9 Å². The smallest absolute Gasteiger partial charge is 0.256 e. The second kappa shape index (κ2) is 7.59. The highest BCUT2D eigenvalue weighted by molar-refractivity contribution is 6.10. The molecule has 1 aliphatic carbocycles. The summed E-state index contributed by atoms with van der Waals surface area (Å²) in [4.78, 5) is 21.6. The topological polar surface area (TPSA) is 89.3 Å². The predicted molar refractivity (Wildman–Crippen MR) is 111 cm³/mol. The Bertz CT molecular complexity index is 1110. The molecule has 1 unspecified atom stereocenters. The van der Waals surface area contributed by atoms with Crippen LogP contribution in [0.15, 0.2) is 28.9 Å². The molecule has 158 valence electrons. The number of furan rings is 1. The van der Waals surface area contributed by atoms with Crippen molar-refractivity contribution in [2.75, 3.05) is 11.9 Å². The molecule has 7 nitrogen and oxygen atoms in total. The number of rotatable bonds is 7. The molecule has 0 bridgehead atoms. The fourth-order valence-electron chi connectivity index (χ4n) is 3.42. The maximum absolute atomic E-state index is 14.2. The number of nitrogens with one attached hydrogen (secondary N) is 2. The third kappa shape index (κ3) is 3.81. The van der Waals surface area contributed by atoms with Gasteiger partial charge in [0, 0.05) is 5.54 Å². The van der Waals surface area contributed by atoms with E-state index in [1.807, 2.05) is 0 Å². The molecule has 1 aliphatic rings. The van der Waals surface area contributed by atoms with E-state index in [0.29, 0.717) is 40.4 Å². The van der Waals surface area contributed by atoms with Crippen LogP contribution in [0.1, 0.15) is 61.3 Å². The number of aryl methyl sites for hydroxylation is 1. The second-order valence-electron chi connectivity index (χ2n) is 7.94. The number of benzene rings is 1. The zero-order chi connectivity index (χ0) is 21.5. The Balaban J connectivity index is 1.61. The van der Waals surface area contributed by atoms with E-state index in [-0.39, 0.29) is 17.2 Å². The lowest BCUT2D eigenvalue weighted by molar-refractivity contribution is 0.0939. The van der Waals surface area contributed by atoms with E-state index in [1.165, 1.54) is 12.4 Å². The first-order valence-corrected chi connectivity index (χ1v) is 10.1. The van der Waals surface area contributed by atoms with Crippen LogP contribution in [-0.2, 0) is 0 Å². The van der Waals surface area contributed by atoms with Gasteiger partial charge in [0.05, 0.1) is 23.6 Å². The number of aromatic nitrogens is 2. The fourth-order valence-corrected chi connectivity index (χ4v) is 3.42. The standard InChI is InChI=1S/C22H25FN4O3/c1-5-29-16-7-6-14(10-15(16)23)12(2)26-20(28)17-13(3)30-21-18(17)19(24-11-25-21)27-22(4)8-9-22/h6-7,10-12H,5,8-9H2,1-4H3,(H,26,28)(H,24,25,27). The summed E-state index contributed by atoms with van der Waals surface area (Å²) in [5.41, 5.74) is 1.36. The van der Waals surface area contributed by atoms with Crippen LogP contribution in [0.3, 0.4) is 0 Å². The number of ether oxygens (including phenoxy) is 1. The van der Waals surface area contributed by atoms with Gasteiger partial charge in [0.15, 0.2) is 11.6 Å². The summed E-state index contributed by atoms with van der Waals surface area (Å²) in [6.45, 7) is 7.80. The minimum atomic E-state index is -0.460. The third-order valence-electron chi connectivity index (χ3n) is 5.41. The lowest BCUT2D eigenvalue weighted by Gasteiger charge is -2.16. The van der Waals surface area contributed by atoms with E-state index in [4.69, 9.17) is 9.15 Å². The van der Waals surface area contributed by atoms with Gasteiger partial charge in [-0.1, -0.05) is 6.07 Å². The average molecular weight is 412 g/mol. The summed E-state index contributed by atoms with van der Waals surface area (Å²) in [5, 5.41) is 6.89. The molecule has 8 heteroatoms. The molecule has 0 aliphatic heterocycles.